The molecule has 0 bridgehead atoms. The first-order chi connectivity index (χ1) is 12.5. The molecule has 0 unspecified atom stereocenters. The zero-order chi connectivity index (χ0) is 18.1. The summed E-state index contributed by atoms with van der Waals surface area (Å²) in [5, 5.41) is 13.2. The molecule has 4 rings (SSSR count). The van der Waals surface area contributed by atoms with Gasteiger partial charge in [-0.05, 0) is 24.5 Å². The molecule has 0 aromatic carbocycles. The highest BCUT2D eigenvalue weighted by atomic mass is 32.2. The van der Waals surface area contributed by atoms with Gasteiger partial charge >= 0.3 is 0 Å². The predicted octanol–water partition coefficient (Wildman–Crippen LogP) is 2.33. The monoisotopic (exact) mass is 394 g/mol. The van der Waals surface area contributed by atoms with Crippen molar-refractivity contribution in [3.63, 3.8) is 0 Å². The van der Waals surface area contributed by atoms with Gasteiger partial charge in [0.1, 0.15) is 5.82 Å². The van der Waals surface area contributed by atoms with Gasteiger partial charge in [-0.2, -0.15) is 0 Å². The summed E-state index contributed by atoms with van der Waals surface area (Å²) in [4.78, 5) is 0. The van der Waals surface area contributed by atoms with E-state index >= 15 is 0 Å². The number of rotatable bonds is 6. The highest BCUT2D eigenvalue weighted by Gasteiger charge is 2.29. The van der Waals surface area contributed by atoms with E-state index in [-0.39, 0.29) is 17.4 Å². The first-order valence-electron chi connectivity index (χ1n) is 8.21. The highest BCUT2D eigenvalue weighted by molar-refractivity contribution is 7.98. The van der Waals surface area contributed by atoms with Crippen LogP contribution in [0.1, 0.15) is 17.9 Å². The van der Waals surface area contributed by atoms with Gasteiger partial charge in [-0.15, -0.1) is 10.2 Å². The summed E-state index contributed by atoms with van der Waals surface area (Å²) in [6, 6.07) is 5.45. The van der Waals surface area contributed by atoms with E-state index in [2.05, 4.69) is 15.4 Å². The maximum atomic E-state index is 11.6. The third-order valence-corrected chi connectivity index (χ3v) is 7.29. The molecule has 3 aromatic rings. The van der Waals surface area contributed by atoms with Gasteiger partial charge in [0.15, 0.2) is 20.8 Å². The molecule has 3 aromatic heterocycles. The first kappa shape index (κ1) is 17.3. The van der Waals surface area contributed by atoms with Crippen LogP contribution in [0.4, 0.5) is 0 Å². The number of furan rings is 1. The fourth-order valence-electron chi connectivity index (χ4n) is 2.99. The summed E-state index contributed by atoms with van der Waals surface area (Å²) in [6.07, 6.45) is 2.92. The zero-order valence-electron chi connectivity index (χ0n) is 14.2. The zero-order valence-corrected chi connectivity index (χ0v) is 15.8. The van der Waals surface area contributed by atoms with Gasteiger partial charge in [-0.1, -0.05) is 16.9 Å². The van der Waals surface area contributed by atoms with Gasteiger partial charge in [0.25, 0.3) is 0 Å². The Labute approximate surface area is 154 Å². The Morgan fingerprint density at radius 3 is 2.96 bits per heavy atom. The molecular weight excluding hydrogens is 376 g/mol. The summed E-state index contributed by atoms with van der Waals surface area (Å²) < 4.78 is 35.7. The number of nitrogens with zero attached hydrogens (tertiary/aromatic N) is 4. The number of thioether (sulfide) groups is 1. The molecule has 1 atom stereocenters. The molecule has 0 radical (unpaired) electrons. The van der Waals surface area contributed by atoms with Gasteiger partial charge in [0, 0.05) is 25.3 Å². The van der Waals surface area contributed by atoms with Crippen LogP contribution < -0.4 is 0 Å². The number of hydrogen-bond donors (Lipinski definition) is 0. The molecular formula is C16H18N4O4S2. The second kappa shape index (κ2) is 6.92. The normalized spacial score (nSPS) is 19.2. The molecule has 8 nitrogen and oxygen atoms in total. The predicted molar refractivity (Wildman–Crippen MR) is 95.2 cm³/mol. The SMILES string of the molecule is Cn1c(C[C@H]2CCS(=O)(=O)C2)nnc1SCc1cc(-c2ccco2)on1. The van der Waals surface area contributed by atoms with E-state index in [4.69, 9.17) is 8.94 Å². The van der Waals surface area contributed by atoms with Crippen molar-refractivity contribution in [2.45, 2.75) is 23.8 Å². The van der Waals surface area contributed by atoms with Crippen molar-refractivity contribution in [1.82, 2.24) is 19.9 Å². The van der Waals surface area contributed by atoms with Crippen molar-refractivity contribution < 1.29 is 17.4 Å². The minimum atomic E-state index is -2.87. The fourth-order valence-corrected chi connectivity index (χ4v) is 5.67. The van der Waals surface area contributed by atoms with E-state index in [1.807, 2.05) is 23.7 Å². The molecule has 138 valence electrons. The second-order valence-corrected chi connectivity index (χ2v) is 9.55. The molecule has 4 heterocycles. The second-order valence-electron chi connectivity index (χ2n) is 6.38. The molecule has 10 heteroatoms. The Bertz CT molecular complexity index is 992. The third kappa shape index (κ3) is 3.70. The molecule has 0 amide bonds. The maximum absolute atomic E-state index is 11.6. The van der Waals surface area contributed by atoms with Crippen LogP contribution in [0.15, 0.2) is 38.6 Å². The largest absolute Gasteiger partial charge is 0.461 e. The van der Waals surface area contributed by atoms with E-state index in [1.165, 1.54) is 11.8 Å². The number of aromatic nitrogens is 4. The molecule has 1 aliphatic rings. The van der Waals surface area contributed by atoms with Crippen molar-refractivity contribution in [3.05, 3.63) is 36.0 Å². The average molecular weight is 394 g/mol. The Hall–Kier alpha value is -2.07. The van der Waals surface area contributed by atoms with Gasteiger partial charge in [0.05, 0.1) is 23.5 Å². The molecule has 26 heavy (non-hydrogen) atoms. The van der Waals surface area contributed by atoms with E-state index in [9.17, 15) is 8.42 Å². The molecule has 0 N–H and O–H groups in total. The van der Waals surface area contributed by atoms with Crippen LogP contribution in [-0.4, -0.2) is 39.8 Å². The summed E-state index contributed by atoms with van der Waals surface area (Å²) in [5.74, 6) is 3.29. The summed E-state index contributed by atoms with van der Waals surface area (Å²) in [6.45, 7) is 0. The summed E-state index contributed by atoms with van der Waals surface area (Å²) >= 11 is 1.51. The molecule has 1 aliphatic heterocycles. The minimum absolute atomic E-state index is 0.132. The molecule has 0 spiro atoms. The maximum Gasteiger partial charge on any atom is 0.202 e. The lowest BCUT2D eigenvalue weighted by Crippen LogP contribution is -2.11. The van der Waals surface area contributed by atoms with Crippen molar-refractivity contribution >= 4 is 21.6 Å². The summed E-state index contributed by atoms with van der Waals surface area (Å²) in [5.41, 5.74) is 0.785. The Kier molecular flexibility index (Phi) is 4.62. The van der Waals surface area contributed by atoms with Gasteiger partial charge in [0.2, 0.25) is 5.76 Å². The lowest BCUT2D eigenvalue weighted by atomic mass is 10.1. The van der Waals surface area contributed by atoms with E-state index in [0.717, 1.165) is 16.7 Å². The van der Waals surface area contributed by atoms with Gasteiger partial charge in [-0.3, -0.25) is 0 Å². The van der Waals surface area contributed by atoms with Crippen molar-refractivity contribution in [1.29, 1.82) is 0 Å². The minimum Gasteiger partial charge on any atom is -0.461 e. The van der Waals surface area contributed by atoms with Crippen molar-refractivity contribution in [3.8, 4) is 11.5 Å². The first-order valence-corrected chi connectivity index (χ1v) is 11.0. The number of sulfone groups is 1. The molecule has 1 saturated heterocycles. The topological polar surface area (TPSA) is 104 Å². The lowest BCUT2D eigenvalue weighted by molar-refractivity contribution is 0.413. The molecule has 0 aliphatic carbocycles. The van der Waals surface area contributed by atoms with Crippen LogP contribution >= 0.6 is 11.8 Å². The lowest BCUT2D eigenvalue weighted by Gasteiger charge is -2.07. The highest BCUT2D eigenvalue weighted by Crippen LogP contribution is 2.27. The summed E-state index contributed by atoms with van der Waals surface area (Å²) in [7, 11) is -0.972. The quantitative estimate of drug-likeness (QED) is 0.587. The molecule has 1 fully saturated rings. The Morgan fingerprint density at radius 2 is 2.23 bits per heavy atom. The standard InChI is InChI=1S/C16H18N4O4S2/c1-20-15(7-11-4-6-26(21,22)10-11)17-18-16(20)25-9-12-8-14(24-19-12)13-3-2-5-23-13/h2-3,5,8,11H,4,6-7,9-10H2,1H3/t11-/m1/s1. The van der Waals surface area contributed by atoms with Crippen molar-refractivity contribution in [2.75, 3.05) is 11.5 Å². The van der Waals surface area contributed by atoms with Crippen LogP contribution in [0.3, 0.4) is 0 Å². The van der Waals surface area contributed by atoms with Crippen LogP contribution in [0.2, 0.25) is 0 Å². The number of hydrogen-bond acceptors (Lipinski definition) is 8. The van der Waals surface area contributed by atoms with Crippen LogP contribution in [0.25, 0.3) is 11.5 Å². The van der Waals surface area contributed by atoms with Crippen molar-refractivity contribution in [2.24, 2.45) is 13.0 Å². The van der Waals surface area contributed by atoms with E-state index < -0.39 is 9.84 Å². The van der Waals surface area contributed by atoms with Crippen LogP contribution in [-0.2, 0) is 29.1 Å². The molecule has 0 saturated carbocycles. The Morgan fingerprint density at radius 1 is 1.35 bits per heavy atom. The Balaban J connectivity index is 1.38. The smallest absolute Gasteiger partial charge is 0.202 e. The van der Waals surface area contributed by atoms with Gasteiger partial charge < -0.3 is 13.5 Å². The van der Waals surface area contributed by atoms with Gasteiger partial charge in [-0.25, -0.2) is 8.42 Å². The fraction of sp³-hybridized carbons (Fsp3) is 0.438. The average Bonchev–Trinajstić information content (AvgIpc) is 3.36. The van der Waals surface area contributed by atoms with Crippen LogP contribution in [0, 0.1) is 5.92 Å². The third-order valence-electron chi connectivity index (χ3n) is 4.40. The van der Waals surface area contributed by atoms with E-state index in [1.54, 1.807) is 12.3 Å². The van der Waals surface area contributed by atoms with Crippen LogP contribution in [0.5, 0.6) is 0 Å². The van der Waals surface area contributed by atoms with E-state index in [0.29, 0.717) is 30.1 Å².